The Morgan fingerprint density at radius 3 is 2.79 bits per heavy atom. The number of nitrogens with zero attached hydrogens (tertiary/aromatic N) is 1. The number of H-pyrrole nitrogens is 2. The van der Waals surface area contributed by atoms with Gasteiger partial charge >= 0.3 is 0 Å². The number of hydrogen-bond acceptors (Lipinski definition) is 3. The number of hydrogen-bond donors (Lipinski definition) is 2. The third-order valence-corrected chi connectivity index (χ3v) is 5.51. The predicted octanol–water partition coefficient (Wildman–Crippen LogP) is 3.49. The Hall–Kier alpha value is -3.45. The first-order chi connectivity index (χ1) is 14.0. The van der Waals surface area contributed by atoms with Crippen LogP contribution in [-0.4, -0.2) is 34.4 Å². The molecular formula is C22H18FN3O3. The van der Waals surface area contributed by atoms with Crippen LogP contribution >= 0.6 is 0 Å². The Balaban J connectivity index is 1.60. The van der Waals surface area contributed by atoms with E-state index in [1.807, 2.05) is 30.3 Å². The highest BCUT2D eigenvalue weighted by Crippen LogP contribution is 2.33. The monoisotopic (exact) mass is 391 g/mol. The maximum Gasteiger partial charge on any atom is 0.270 e. The number of para-hydroxylation sites is 1. The molecule has 2 aromatic heterocycles. The number of carbonyl (C=O) groups is 1. The number of nitrogens with one attached hydrogen (secondary N) is 2. The smallest absolute Gasteiger partial charge is 0.270 e. The molecule has 0 aliphatic carbocycles. The summed E-state index contributed by atoms with van der Waals surface area (Å²) in [6.07, 6.45) is 0. The van der Waals surface area contributed by atoms with E-state index in [0.717, 1.165) is 16.5 Å². The van der Waals surface area contributed by atoms with Crippen LogP contribution in [0.15, 0.2) is 53.3 Å². The highest BCUT2D eigenvalue weighted by Gasteiger charge is 2.31. The van der Waals surface area contributed by atoms with E-state index in [0.29, 0.717) is 16.8 Å². The van der Waals surface area contributed by atoms with E-state index < -0.39 is 11.9 Å². The largest absolute Gasteiger partial charge is 0.373 e. The maximum atomic E-state index is 13.7. The first-order valence-corrected chi connectivity index (χ1v) is 9.30. The third kappa shape index (κ3) is 2.82. The summed E-state index contributed by atoms with van der Waals surface area (Å²) < 4.78 is 19.4. The summed E-state index contributed by atoms with van der Waals surface area (Å²) in [6, 6.07) is 13.2. The fourth-order valence-electron chi connectivity index (χ4n) is 4.05. The number of likely N-dealkylation sites (N-methyl/N-ethyl adjacent to an activating group) is 1. The van der Waals surface area contributed by atoms with Crippen molar-refractivity contribution >= 4 is 27.6 Å². The second-order valence-corrected chi connectivity index (χ2v) is 7.25. The minimum Gasteiger partial charge on any atom is -0.373 e. The number of aromatic nitrogens is 2. The Morgan fingerprint density at radius 1 is 1.14 bits per heavy atom. The summed E-state index contributed by atoms with van der Waals surface area (Å²) >= 11 is 0. The van der Waals surface area contributed by atoms with Gasteiger partial charge < -0.3 is 19.6 Å². The van der Waals surface area contributed by atoms with Gasteiger partial charge in [-0.1, -0.05) is 24.3 Å². The molecule has 3 heterocycles. The quantitative estimate of drug-likeness (QED) is 0.549. The number of pyridine rings is 1. The number of carbonyl (C=O) groups excluding carboxylic acids is 1. The molecule has 1 aliphatic heterocycles. The number of ether oxygens (including phenoxy) is 1. The average Bonchev–Trinajstić information content (AvgIpc) is 3.16. The minimum atomic E-state index is -0.478. The normalized spacial score (nSPS) is 16.1. The van der Waals surface area contributed by atoms with Crippen LogP contribution in [-0.2, 0) is 11.3 Å². The van der Waals surface area contributed by atoms with Crippen molar-refractivity contribution in [1.82, 2.24) is 14.9 Å². The molecule has 1 unspecified atom stereocenters. The molecule has 2 aromatic carbocycles. The van der Waals surface area contributed by atoms with E-state index in [-0.39, 0.29) is 30.1 Å². The lowest BCUT2D eigenvalue weighted by Gasteiger charge is -2.33. The fourth-order valence-corrected chi connectivity index (χ4v) is 4.05. The molecule has 0 spiro atoms. The first kappa shape index (κ1) is 17.6. The highest BCUT2D eigenvalue weighted by atomic mass is 19.1. The van der Waals surface area contributed by atoms with Gasteiger partial charge in [-0.15, -0.1) is 0 Å². The van der Waals surface area contributed by atoms with E-state index in [4.69, 9.17) is 4.74 Å². The van der Waals surface area contributed by atoms with Gasteiger partial charge in [0.25, 0.3) is 11.5 Å². The van der Waals surface area contributed by atoms with Gasteiger partial charge in [0.05, 0.1) is 24.6 Å². The topological polar surface area (TPSA) is 78.2 Å². The zero-order valence-corrected chi connectivity index (χ0v) is 15.7. The third-order valence-electron chi connectivity index (χ3n) is 5.51. The Bertz CT molecular complexity index is 1290. The van der Waals surface area contributed by atoms with Crippen LogP contribution in [0.1, 0.15) is 27.8 Å². The van der Waals surface area contributed by atoms with Gasteiger partial charge in [-0.05, 0) is 29.7 Å². The molecule has 4 aromatic rings. The van der Waals surface area contributed by atoms with Gasteiger partial charge in [-0.25, -0.2) is 4.39 Å². The van der Waals surface area contributed by atoms with Gasteiger partial charge in [0, 0.05) is 29.2 Å². The molecule has 1 amide bonds. The summed E-state index contributed by atoms with van der Waals surface area (Å²) in [7, 11) is 1.71. The van der Waals surface area contributed by atoms with Crippen LogP contribution in [0, 0.1) is 5.82 Å². The van der Waals surface area contributed by atoms with Gasteiger partial charge in [-0.2, -0.15) is 0 Å². The number of benzene rings is 2. The molecule has 2 N–H and O–H groups in total. The molecule has 5 rings (SSSR count). The summed E-state index contributed by atoms with van der Waals surface area (Å²) in [5, 5.41) is 1.85. The van der Waals surface area contributed by atoms with Crippen molar-refractivity contribution in [2.45, 2.75) is 12.6 Å². The number of aromatic amines is 2. The number of amides is 1. The zero-order valence-electron chi connectivity index (χ0n) is 15.7. The van der Waals surface area contributed by atoms with Crippen molar-refractivity contribution in [2.24, 2.45) is 0 Å². The van der Waals surface area contributed by atoms with Crippen LogP contribution in [0.25, 0.3) is 21.7 Å². The van der Waals surface area contributed by atoms with Gasteiger partial charge in [0.15, 0.2) is 0 Å². The molecule has 0 bridgehead atoms. The van der Waals surface area contributed by atoms with Gasteiger partial charge in [0.1, 0.15) is 11.5 Å². The second-order valence-electron chi connectivity index (χ2n) is 7.25. The van der Waals surface area contributed by atoms with Crippen molar-refractivity contribution in [3.8, 4) is 0 Å². The molecule has 0 saturated carbocycles. The van der Waals surface area contributed by atoms with Crippen LogP contribution in [0.2, 0.25) is 0 Å². The van der Waals surface area contributed by atoms with E-state index >= 15 is 0 Å². The number of halogens is 1. The molecule has 0 radical (unpaired) electrons. The second kappa shape index (κ2) is 6.56. The average molecular weight is 391 g/mol. The van der Waals surface area contributed by atoms with Crippen LogP contribution in [0.4, 0.5) is 4.39 Å². The van der Waals surface area contributed by atoms with E-state index in [1.54, 1.807) is 18.0 Å². The van der Waals surface area contributed by atoms with Crippen LogP contribution in [0.3, 0.4) is 0 Å². The van der Waals surface area contributed by atoms with Crippen LogP contribution in [0.5, 0.6) is 0 Å². The molecule has 1 atom stereocenters. The summed E-state index contributed by atoms with van der Waals surface area (Å²) in [5.41, 5.74) is 2.39. The van der Waals surface area contributed by atoms with Crippen molar-refractivity contribution < 1.29 is 13.9 Å². The highest BCUT2D eigenvalue weighted by molar-refractivity contribution is 5.98. The van der Waals surface area contributed by atoms with Crippen molar-refractivity contribution in [3.63, 3.8) is 0 Å². The molecule has 29 heavy (non-hydrogen) atoms. The SMILES string of the molecule is CN(C(=O)c1cc2ccccc2[nH]1)C1COCc2[nH]c(=O)c3cc(F)ccc3c21. The van der Waals surface area contributed by atoms with Crippen molar-refractivity contribution in [3.05, 3.63) is 81.7 Å². The van der Waals surface area contributed by atoms with E-state index in [2.05, 4.69) is 9.97 Å². The minimum absolute atomic E-state index is 0.191. The summed E-state index contributed by atoms with van der Waals surface area (Å²) in [5.74, 6) is -0.668. The number of rotatable bonds is 2. The van der Waals surface area contributed by atoms with Crippen LogP contribution < -0.4 is 5.56 Å². The van der Waals surface area contributed by atoms with Crippen molar-refractivity contribution in [1.29, 1.82) is 0 Å². The molecule has 0 saturated heterocycles. The standard InChI is InChI=1S/C22H18FN3O3/c1-26(22(28)17-8-12-4-2-3-5-16(12)24-17)19-11-29-10-18-20(19)14-7-6-13(23)9-15(14)21(27)25-18/h2-9,19,24H,10-11H2,1H3,(H,25,27). The number of fused-ring (bicyclic) bond motifs is 4. The lowest BCUT2D eigenvalue weighted by molar-refractivity contribution is 0.0333. The van der Waals surface area contributed by atoms with Crippen molar-refractivity contribution in [2.75, 3.05) is 13.7 Å². The Labute approximate surface area is 164 Å². The molecular weight excluding hydrogens is 373 g/mol. The summed E-state index contributed by atoms with van der Waals surface area (Å²) in [6.45, 7) is 0.525. The molecule has 7 heteroatoms. The molecule has 0 fully saturated rings. The van der Waals surface area contributed by atoms with E-state index in [9.17, 15) is 14.0 Å². The Kier molecular flexibility index (Phi) is 3.99. The van der Waals surface area contributed by atoms with Gasteiger partial charge in [0.2, 0.25) is 0 Å². The predicted molar refractivity (Wildman–Crippen MR) is 107 cm³/mol. The maximum absolute atomic E-state index is 13.7. The van der Waals surface area contributed by atoms with Gasteiger partial charge in [-0.3, -0.25) is 9.59 Å². The first-order valence-electron chi connectivity index (χ1n) is 9.30. The summed E-state index contributed by atoms with van der Waals surface area (Å²) in [4.78, 5) is 33.1. The molecule has 1 aliphatic rings. The fraction of sp³-hybridized carbons (Fsp3) is 0.182. The molecule has 146 valence electrons. The lowest BCUT2D eigenvalue weighted by atomic mass is 9.95. The zero-order chi connectivity index (χ0) is 20.1. The lowest BCUT2D eigenvalue weighted by Crippen LogP contribution is -2.37. The molecule has 6 nitrogen and oxygen atoms in total. The Morgan fingerprint density at radius 2 is 1.97 bits per heavy atom. The van der Waals surface area contributed by atoms with E-state index in [1.165, 1.54) is 12.1 Å².